The molecule has 2 heterocycles. The highest BCUT2D eigenvalue weighted by Crippen LogP contribution is 2.33. The number of unbranched alkanes of at least 4 members (excludes halogenated alkanes) is 2. The molecule has 2 N–H and O–H groups in total. The monoisotopic (exact) mass is 536 g/mol. The molecule has 1 amide bonds. The van der Waals surface area contributed by atoms with Crippen LogP contribution in [0.25, 0.3) is 0 Å². The second kappa shape index (κ2) is 13.4. The number of aliphatic hydroxyl groups excluding tert-OH is 1. The molecule has 0 spiro atoms. The highest BCUT2D eigenvalue weighted by Gasteiger charge is 2.27. The first-order valence-electron chi connectivity index (χ1n) is 14.4. The lowest BCUT2D eigenvalue weighted by Gasteiger charge is -2.29. The summed E-state index contributed by atoms with van der Waals surface area (Å²) in [7, 11) is 0. The Hall–Kier alpha value is -2.90. The quantitative estimate of drug-likeness (QED) is 0.286. The van der Waals surface area contributed by atoms with Gasteiger partial charge in [0.1, 0.15) is 19.3 Å². The van der Waals surface area contributed by atoms with Crippen LogP contribution in [0.5, 0.6) is 11.5 Å². The van der Waals surface area contributed by atoms with Crippen LogP contribution in [-0.4, -0.2) is 60.6 Å². The van der Waals surface area contributed by atoms with Gasteiger partial charge in [-0.2, -0.15) is 0 Å². The molecule has 0 aromatic heterocycles. The third-order valence-electron chi connectivity index (χ3n) is 7.67. The van der Waals surface area contributed by atoms with E-state index in [4.69, 9.17) is 9.47 Å². The third kappa shape index (κ3) is 8.29. The number of fused-ring (bicyclic) bond motifs is 1. The summed E-state index contributed by atoms with van der Waals surface area (Å²) in [6, 6.07) is 13.0. The van der Waals surface area contributed by atoms with Crippen LogP contribution in [0.15, 0.2) is 42.5 Å². The fourth-order valence-corrected chi connectivity index (χ4v) is 5.27. The minimum Gasteiger partial charge on any atom is -0.486 e. The maximum Gasteiger partial charge on any atom is 0.220 e. The Kier molecular flexibility index (Phi) is 10.0. The van der Waals surface area contributed by atoms with Crippen LogP contribution < -0.4 is 14.8 Å². The van der Waals surface area contributed by atoms with Crippen molar-refractivity contribution in [2.24, 2.45) is 0 Å². The molecule has 212 valence electrons. The first-order chi connectivity index (χ1) is 18.7. The number of amides is 1. The van der Waals surface area contributed by atoms with E-state index in [1.54, 1.807) is 0 Å². The van der Waals surface area contributed by atoms with Gasteiger partial charge in [0.25, 0.3) is 0 Å². The number of hydrogen-bond acceptors (Lipinski definition) is 6. The van der Waals surface area contributed by atoms with E-state index in [1.807, 2.05) is 42.5 Å². The summed E-state index contributed by atoms with van der Waals surface area (Å²) in [6.45, 7) is 10.0. The van der Waals surface area contributed by atoms with Gasteiger partial charge < -0.3 is 24.8 Å². The zero-order chi connectivity index (χ0) is 27.8. The number of nitrogens with zero attached hydrogens (tertiary/aromatic N) is 1. The number of hydrogen-bond donors (Lipinski definition) is 2. The van der Waals surface area contributed by atoms with Crippen LogP contribution in [-0.2, 0) is 10.2 Å². The number of Topliss-reactive ketones (excluding diaryl/α,β-unsaturated/α-hetero) is 1. The minimum absolute atomic E-state index is 0.0651. The molecule has 4 rings (SSSR count). The molecule has 2 aromatic rings. The van der Waals surface area contributed by atoms with Crippen molar-refractivity contribution in [2.75, 3.05) is 32.8 Å². The molecule has 0 unspecified atom stereocenters. The molecule has 39 heavy (non-hydrogen) atoms. The van der Waals surface area contributed by atoms with E-state index in [9.17, 15) is 14.7 Å². The SMILES string of the molecule is CC(C)(C)c1ccc(C(=O)CCCCCC(=O)N[C@H](CN2CCCC2)[C@H](O)c2ccc3c(c2)OCCO3)cc1. The number of rotatable bonds is 12. The normalized spacial score (nSPS) is 17.0. The summed E-state index contributed by atoms with van der Waals surface area (Å²) in [5, 5.41) is 14.4. The van der Waals surface area contributed by atoms with Crippen molar-refractivity contribution in [3.8, 4) is 11.5 Å². The number of ketones is 1. The molecule has 1 saturated heterocycles. The van der Waals surface area contributed by atoms with E-state index in [0.717, 1.165) is 44.3 Å². The summed E-state index contributed by atoms with van der Waals surface area (Å²) >= 11 is 0. The van der Waals surface area contributed by atoms with Crippen molar-refractivity contribution in [3.05, 3.63) is 59.2 Å². The average Bonchev–Trinajstić information content (AvgIpc) is 3.44. The second-order valence-electron chi connectivity index (χ2n) is 11.8. The van der Waals surface area contributed by atoms with Crippen LogP contribution >= 0.6 is 0 Å². The van der Waals surface area contributed by atoms with Gasteiger partial charge in [-0.3, -0.25) is 9.59 Å². The lowest BCUT2D eigenvalue weighted by atomic mass is 9.86. The molecule has 2 atom stereocenters. The molecular formula is C32H44N2O5. The zero-order valence-corrected chi connectivity index (χ0v) is 23.7. The topological polar surface area (TPSA) is 88.1 Å². The Balaban J connectivity index is 1.25. The standard InChI is InChI=1S/C32H44N2O5/c1-32(2,3)25-14-11-23(12-15-25)27(35)9-5-4-6-10-30(36)33-26(22-34-17-7-8-18-34)31(37)24-13-16-28-29(21-24)39-20-19-38-28/h11-16,21,26,31,37H,4-10,17-20,22H2,1-3H3,(H,33,36)/t26-,31-/m1/s1. The number of ether oxygens (including phenoxy) is 2. The highest BCUT2D eigenvalue weighted by molar-refractivity contribution is 5.96. The second-order valence-corrected chi connectivity index (χ2v) is 11.8. The molecule has 0 bridgehead atoms. The van der Waals surface area contributed by atoms with Crippen molar-refractivity contribution in [1.82, 2.24) is 10.2 Å². The summed E-state index contributed by atoms with van der Waals surface area (Å²) < 4.78 is 11.3. The van der Waals surface area contributed by atoms with Gasteiger partial charge in [-0.1, -0.05) is 57.5 Å². The van der Waals surface area contributed by atoms with Gasteiger partial charge in [0, 0.05) is 24.9 Å². The fourth-order valence-electron chi connectivity index (χ4n) is 5.27. The zero-order valence-electron chi connectivity index (χ0n) is 23.7. The number of carbonyl (C=O) groups excluding carboxylic acids is 2. The van der Waals surface area contributed by atoms with Gasteiger partial charge in [0.15, 0.2) is 17.3 Å². The Labute approximate surface area is 232 Å². The molecule has 7 heteroatoms. The number of aliphatic hydroxyl groups is 1. The first kappa shape index (κ1) is 29.1. The maximum absolute atomic E-state index is 12.9. The Morgan fingerprint density at radius 3 is 2.28 bits per heavy atom. The summed E-state index contributed by atoms with van der Waals surface area (Å²) in [5.74, 6) is 1.38. The molecule has 1 fully saturated rings. The van der Waals surface area contributed by atoms with Crippen molar-refractivity contribution < 1.29 is 24.2 Å². The Bertz CT molecular complexity index is 1100. The molecule has 0 saturated carbocycles. The number of benzene rings is 2. The maximum atomic E-state index is 12.9. The van der Waals surface area contributed by atoms with Crippen molar-refractivity contribution in [3.63, 3.8) is 0 Å². The lowest BCUT2D eigenvalue weighted by Crippen LogP contribution is -2.46. The summed E-state index contributed by atoms with van der Waals surface area (Å²) in [5.41, 5.74) is 2.74. The molecule has 2 aliphatic heterocycles. The van der Waals surface area contributed by atoms with Crippen LogP contribution in [0.2, 0.25) is 0 Å². The predicted octanol–water partition coefficient (Wildman–Crippen LogP) is 5.20. The Morgan fingerprint density at radius 1 is 0.923 bits per heavy atom. The fraction of sp³-hybridized carbons (Fsp3) is 0.562. The van der Waals surface area contributed by atoms with Crippen molar-refractivity contribution >= 4 is 11.7 Å². The molecule has 2 aromatic carbocycles. The summed E-state index contributed by atoms with van der Waals surface area (Å²) in [4.78, 5) is 27.8. The van der Waals surface area contributed by atoms with E-state index in [-0.39, 0.29) is 17.1 Å². The van der Waals surface area contributed by atoms with Crippen LogP contribution in [0, 0.1) is 0 Å². The van der Waals surface area contributed by atoms with Crippen LogP contribution in [0.1, 0.15) is 93.3 Å². The number of likely N-dealkylation sites (tertiary alicyclic amines) is 1. The van der Waals surface area contributed by atoms with E-state index < -0.39 is 12.1 Å². The molecular weight excluding hydrogens is 492 g/mol. The Morgan fingerprint density at radius 2 is 1.59 bits per heavy atom. The van der Waals surface area contributed by atoms with Gasteiger partial charge in [-0.05, 0) is 67.4 Å². The largest absolute Gasteiger partial charge is 0.486 e. The minimum atomic E-state index is -0.854. The van der Waals surface area contributed by atoms with Crippen LogP contribution in [0.4, 0.5) is 0 Å². The van der Waals surface area contributed by atoms with E-state index in [1.165, 1.54) is 5.56 Å². The summed E-state index contributed by atoms with van der Waals surface area (Å²) in [6.07, 6.45) is 4.55. The molecule has 7 nitrogen and oxygen atoms in total. The van der Waals surface area contributed by atoms with Crippen molar-refractivity contribution in [2.45, 2.75) is 83.3 Å². The van der Waals surface area contributed by atoms with Crippen molar-refractivity contribution in [1.29, 1.82) is 0 Å². The van der Waals surface area contributed by atoms with Gasteiger partial charge in [0.2, 0.25) is 5.91 Å². The third-order valence-corrected chi connectivity index (χ3v) is 7.67. The first-order valence-corrected chi connectivity index (χ1v) is 14.4. The smallest absolute Gasteiger partial charge is 0.220 e. The van der Waals surface area contributed by atoms with E-state index in [0.29, 0.717) is 56.1 Å². The highest BCUT2D eigenvalue weighted by atomic mass is 16.6. The van der Waals surface area contributed by atoms with Crippen LogP contribution in [0.3, 0.4) is 0 Å². The van der Waals surface area contributed by atoms with Gasteiger partial charge in [-0.15, -0.1) is 0 Å². The van der Waals surface area contributed by atoms with E-state index in [2.05, 4.69) is 31.0 Å². The van der Waals surface area contributed by atoms with Gasteiger partial charge in [-0.25, -0.2) is 0 Å². The van der Waals surface area contributed by atoms with Gasteiger partial charge in [0.05, 0.1) is 6.04 Å². The average molecular weight is 537 g/mol. The molecule has 0 radical (unpaired) electrons. The van der Waals surface area contributed by atoms with E-state index >= 15 is 0 Å². The number of carbonyl (C=O) groups is 2. The lowest BCUT2D eigenvalue weighted by molar-refractivity contribution is -0.123. The molecule has 0 aliphatic carbocycles. The van der Waals surface area contributed by atoms with Gasteiger partial charge >= 0.3 is 0 Å². The number of nitrogens with one attached hydrogen (secondary N) is 1. The predicted molar refractivity (Wildman–Crippen MR) is 153 cm³/mol. The molecule has 2 aliphatic rings.